The SMILES string of the molecule is CCOCc1nc(NN)cc(OCC2CCOCC2)n1. The molecule has 1 aliphatic rings. The van der Waals surface area contributed by atoms with Crippen molar-refractivity contribution in [1.29, 1.82) is 0 Å². The van der Waals surface area contributed by atoms with Gasteiger partial charge in [-0.25, -0.2) is 10.8 Å². The van der Waals surface area contributed by atoms with Gasteiger partial charge in [-0.2, -0.15) is 4.98 Å². The van der Waals surface area contributed by atoms with Crippen LogP contribution in [0.5, 0.6) is 5.88 Å². The van der Waals surface area contributed by atoms with Crippen LogP contribution >= 0.6 is 0 Å². The van der Waals surface area contributed by atoms with Crippen molar-refractivity contribution in [2.45, 2.75) is 26.4 Å². The fourth-order valence-electron chi connectivity index (χ4n) is 1.99. The van der Waals surface area contributed by atoms with Crippen molar-refractivity contribution in [2.75, 3.05) is 31.9 Å². The highest BCUT2D eigenvalue weighted by molar-refractivity contribution is 5.36. The maximum Gasteiger partial charge on any atom is 0.218 e. The van der Waals surface area contributed by atoms with Gasteiger partial charge >= 0.3 is 0 Å². The van der Waals surface area contributed by atoms with Crippen molar-refractivity contribution < 1.29 is 14.2 Å². The van der Waals surface area contributed by atoms with Gasteiger partial charge in [-0.1, -0.05) is 0 Å². The average Bonchev–Trinajstić information content (AvgIpc) is 2.51. The normalized spacial score (nSPS) is 16.1. The number of rotatable bonds is 7. The summed E-state index contributed by atoms with van der Waals surface area (Å²) in [6.45, 7) is 5.14. The number of hydrogen-bond donors (Lipinski definition) is 2. The molecule has 1 saturated heterocycles. The summed E-state index contributed by atoms with van der Waals surface area (Å²) in [5.41, 5.74) is 2.52. The molecule has 112 valence electrons. The third-order valence-electron chi connectivity index (χ3n) is 3.14. The van der Waals surface area contributed by atoms with Crippen LogP contribution < -0.4 is 16.0 Å². The van der Waals surface area contributed by atoms with E-state index in [4.69, 9.17) is 20.1 Å². The van der Waals surface area contributed by atoms with Crippen molar-refractivity contribution >= 4 is 5.82 Å². The zero-order valence-corrected chi connectivity index (χ0v) is 11.8. The lowest BCUT2D eigenvalue weighted by molar-refractivity contribution is 0.0488. The molecule has 7 nitrogen and oxygen atoms in total. The van der Waals surface area contributed by atoms with Crippen molar-refractivity contribution in [3.8, 4) is 5.88 Å². The van der Waals surface area contributed by atoms with Crippen LogP contribution in [0.4, 0.5) is 5.82 Å². The first-order chi connectivity index (χ1) is 9.81. The number of hydrogen-bond acceptors (Lipinski definition) is 7. The topological polar surface area (TPSA) is 91.5 Å². The predicted octanol–water partition coefficient (Wildman–Crippen LogP) is 1.10. The lowest BCUT2D eigenvalue weighted by Gasteiger charge is -2.21. The summed E-state index contributed by atoms with van der Waals surface area (Å²) in [7, 11) is 0. The van der Waals surface area contributed by atoms with E-state index in [-0.39, 0.29) is 0 Å². The number of nitrogens with zero attached hydrogens (tertiary/aromatic N) is 2. The van der Waals surface area contributed by atoms with Gasteiger partial charge in [0, 0.05) is 25.9 Å². The predicted molar refractivity (Wildman–Crippen MR) is 74.2 cm³/mol. The minimum atomic E-state index is 0.347. The highest BCUT2D eigenvalue weighted by Gasteiger charge is 2.15. The smallest absolute Gasteiger partial charge is 0.218 e. The minimum absolute atomic E-state index is 0.347. The number of hydrazine groups is 1. The lowest BCUT2D eigenvalue weighted by Crippen LogP contribution is -2.22. The van der Waals surface area contributed by atoms with Crippen LogP contribution in [0.3, 0.4) is 0 Å². The Morgan fingerprint density at radius 3 is 2.90 bits per heavy atom. The zero-order valence-electron chi connectivity index (χ0n) is 11.8. The summed E-state index contributed by atoms with van der Waals surface area (Å²) >= 11 is 0. The second-order valence-electron chi connectivity index (χ2n) is 4.66. The van der Waals surface area contributed by atoms with E-state index in [0.717, 1.165) is 26.1 Å². The summed E-state index contributed by atoms with van der Waals surface area (Å²) in [5, 5.41) is 0. The molecular formula is C13H22N4O3. The van der Waals surface area contributed by atoms with E-state index in [2.05, 4.69) is 15.4 Å². The molecule has 1 aromatic rings. The van der Waals surface area contributed by atoms with E-state index in [1.807, 2.05) is 6.92 Å². The highest BCUT2D eigenvalue weighted by Crippen LogP contribution is 2.18. The average molecular weight is 282 g/mol. The maximum absolute atomic E-state index is 5.75. The molecule has 0 radical (unpaired) electrons. The summed E-state index contributed by atoms with van der Waals surface area (Å²) in [5.74, 6) is 7.53. The third-order valence-corrected chi connectivity index (χ3v) is 3.14. The molecule has 20 heavy (non-hydrogen) atoms. The maximum atomic E-state index is 5.75. The Hall–Kier alpha value is -1.44. The number of nitrogens with one attached hydrogen (secondary N) is 1. The molecule has 0 aromatic carbocycles. The van der Waals surface area contributed by atoms with E-state index in [9.17, 15) is 0 Å². The lowest BCUT2D eigenvalue weighted by atomic mass is 10.0. The molecule has 0 aliphatic carbocycles. The zero-order chi connectivity index (χ0) is 14.2. The van der Waals surface area contributed by atoms with E-state index >= 15 is 0 Å². The van der Waals surface area contributed by atoms with Crippen molar-refractivity contribution in [3.05, 3.63) is 11.9 Å². The molecule has 7 heteroatoms. The molecule has 0 unspecified atom stereocenters. The fourth-order valence-corrected chi connectivity index (χ4v) is 1.99. The molecular weight excluding hydrogens is 260 g/mol. The van der Waals surface area contributed by atoms with Crippen molar-refractivity contribution in [2.24, 2.45) is 11.8 Å². The Morgan fingerprint density at radius 2 is 2.20 bits per heavy atom. The van der Waals surface area contributed by atoms with Gasteiger partial charge in [-0.05, 0) is 25.7 Å². The second kappa shape index (κ2) is 7.98. The molecule has 0 atom stereocenters. The quantitative estimate of drug-likeness (QED) is 0.571. The Bertz CT molecular complexity index is 411. The number of anilines is 1. The van der Waals surface area contributed by atoms with Crippen LogP contribution in [0.15, 0.2) is 6.07 Å². The van der Waals surface area contributed by atoms with Gasteiger partial charge < -0.3 is 19.6 Å². The van der Waals surface area contributed by atoms with Gasteiger partial charge in [-0.15, -0.1) is 0 Å². The van der Waals surface area contributed by atoms with E-state index in [1.54, 1.807) is 6.07 Å². The monoisotopic (exact) mass is 282 g/mol. The standard InChI is InChI=1S/C13H22N4O3/c1-2-18-9-12-15-11(17-14)7-13(16-12)20-8-10-3-5-19-6-4-10/h7,10H,2-6,8-9,14H2,1H3,(H,15,16,17). The Labute approximate surface area is 118 Å². The Kier molecular flexibility index (Phi) is 5.97. The second-order valence-corrected chi connectivity index (χ2v) is 4.66. The molecule has 2 rings (SSSR count). The first-order valence-electron chi connectivity index (χ1n) is 6.94. The molecule has 0 bridgehead atoms. The van der Waals surface area contributed by atoms with Crippen LogP contribution in [0.1, 0.15) is 25.6 Å². The largest absolute Gasteiger partial charge is 0.477 e. The summed E-state index contributed by atoms with van der Waals surface area (Å²) in [6.07, 6.45) is 2.05. The molecule has 0 spiro atoms. The molecule has 1 aliphatic heterocycles. The number of nitrogens with two attached hydrogens (primary N) is 1. The van der Waals surface area contributed by atoms with E-state index in [0.29, 0.717) is 43.3 Å². The van der Waals surface area contributed by atoms with Crippen LogP contribution in [-0.4, -0.2) is 36.4 Å². The van der Waals surface area contributed by atoms with Crippen LogP contribution in [0.25, 0.3) is 0 Å². The van der Waals surface area contributed by atoms with Crippen LogP contribution in [-0.2, 0) is 16.1 Å². The Balaban J connectivity index is 1.94. The van der Waals surface area contributed by atoms with Crippen molar-refractivity contribution in [3.63, 3.8) is 0 Å². The fraction of sp³-hybridized carbons (Fsp3) is 0.692. The van der Waals surface area contributed by atoms with Gasteiger partial charge in [-0.3, -0.25) is 0 Å². The van der Waals surface area contributed by atoms with Gasteiger partial charge in [0.2, 0.25) is 5.88 Å². The number of aromatic nitrogens is 2. The number of nitrogen functional groups attached to an aromatic ring is 1. The van der Waals surface area contributed by atoms with Gasteiger partial charge in [0.25, 0.3) is 0 Å². The minimum Gasteiger partial charge on any atom is -0.477 e. The first-order valence-corrected chi connectivity index (χ1v) is 6.94. The van der Waals surface area contributed by atoms with E-state index < -0.39 is 0 Å². The third kappa shape index (κ3) is 4.59. The van der Waals surface area contributed by atoms with E-state index in [1.165, 1.54) is 0 Å². The molecule has 3 N–H and O–H groups in total. The van der Waals surface area contributed by atoms with Crippen LogP contribution in [0.2, 0.25) is 0 Å². The Morgan fingerprint density at radius 1 is 1.40 bits per heavy atom. The van der Waals surface area contributed by atoms with Gasteiger partial charge in [0.1, 0.15) is 12.4 Å². The summed E-state index contributed by atoms with van der Waals surface area (Å²) < 4.78 is 16.4. The van der Waals surface area contributed by atoms with Crippen LogP contribution in [0, 0.1) is 5.92 Å². The molecule has 2 heterocycles. The highest BCUT2D eigenvalue weighted by atomic mass is 16.5. The number of ether oxygens (including phenoxy) is 3. The summed E-state index contributed by atoms with van der Waals surface area (Å²) in [4.78, 5) is 8.53. The molecule has 1 fully saturated rings. The molecule has 0 saturated carbocycles. The van der Waals surface area contributed by atoms with Gasteiger partial charge in [0.15, 0.2) is 5.82 Å². The first kappa shape index (κ1) is 15.0. The molecule has 0 amide bonds. The molecule has 1 aromatic heterocycles. The van der Waals surface area contributed by atoms with Gasteiger partial charge in [0.05, 0.1) is 6.61 Å². The summed E-state index contributed by atoms with van der Waals surface area (Å²) in [6, 6.07) is 1.69. The van der Waals surface area contributed by atoms with Crippen molar-refractivity contribution in [1.82, 2.24) is 9.97 Å².